The van der Waals surface area contributed by atoms with Crippen molar-refractivity contribution >= 4 is 11.9 Å². The normalized spacial score (nSPS) is 26.0. The van der Waals surface area contributed by atoms with Crippen molar-refractivity contribution in [3.8, 4) is 0 Å². The van der Waals surface area contributed by atoms with Crippen LogP contribution >= 0.6 is 0 Å². The summed E-state index contributed by atoms with van der Waals surface area (Å²) in [5.74, 6) is -1.42. The molecule has 1 aliphatic heterocycles. The van der Waals surface area contributed by atoms with Gasteiger partial charge in [-0.15, -0.1) is 0 Å². The number of aliphatic hydroxyl groups excluding tert-OH is 1. The zero-order valence-electron chi connectivity index (χ0n) is 10.1. The number of esters is 2. The Bertz CT molecular complexity index is 471. The molecular formula is C13H14O6. The molecule has 6 nitrogen and oxygen atoms in total. The molecule has 19 heavy (non-hydrogen) atoms. The highest BCUT2D eigenvalue weighted by atomic mass is 16.6. The molecule has 6 heteroatoms. The van der Waals surface area contributed by atoms with Crippen molar-refractivity contribution in [1.29, 1.82) is 0 Å². The molecule has 0 amide bonds. The lowest BCUT2D eigenvalue weighted by molar-refractivity contribution is -0.158. The van der Waals surface area contributed by atoms with E-state index in [1.807, 2.05) is 0 Å². The Balaban J connectivity index is 1.88. The molecule has 1 aromatic carbocycles. The fraction of sp³-hybridized carbons (Fsp3) is 0.385. The lowest BCUT2D eigenvalue weighted by Gasteiger charge is -2.13. The van der Waals surface area contributed by atoms with E-state index < -0.39 is 30.3 Å². The maximum absolute atomic E-state index is 11.6. The summed E-state index contributed by atoms with van der Waals surface area (Å²) in [6.07, 6.45) is -0.831. The molecule has 0 bridgehead atoms. The third-order valence-corrected chi connectivity index (χ3v) is 2.89. The molecule has 0 saturated carbocycles. The summed E-state index contributed by atoms with van der Waals surface area (Å²) in [4.78, 5) is 22.9. The van der Waals surface area contributed by atoms with Crippen LogP contribution in [0.25, 0.3) is 0 Å². The smallest absolute Gasteiger partial charge is 0.341 e. The van der Waals surface area contributed by atoms with Crippen LogP contribution in [-0.4, -0.2) is 47.1 Å². The van der Waals surface area contributed by atoms with E-state index in [-0.39, 0.29) is 13.0 Å². The molecule has 0 aliphatic carbocycles. The first-order valence-corrected chi connectivity index (χ1v) is 5.81. The van der Waals surface area contributed by atoms with Crippen LogP contribution in [0.2, 0.25) is 0 Å². The van der Waals surface area contributed by atoms with Crippen molar-refractivity contribution in [2.24, 2.45) is 0 Å². The number of carbonyl (C=O) groups excluding carboxylic acids is 2. The first-order chi connectivity index (χ1) is 9.05. The van der Waals surface area contributed by atoms with Gasteiger partial charge in [-0.2, -0.15) is 0 Å². The first kappa shape index (κ1) is 13.5. The van der Waals surface area contributed by atoms with Crippen molar-refractivity contribution < 1.29 is 29.3 Å². The second kappa shape index (κ2) is 5.38. The molecule has 0 radical (unpaired) electrons. The van der Waals surface area contributed by atoms with Crippen LogP contribution in [0.4, 0.5) is 0 Å². The number of ether oxygens (including phenoxy) is 2. The molecule has 1 heterocycles. The van der Waals surface area contributed by atoms with Crippen LogP contribution in [0.3, 0.4) is 0 Å². The summed E-state index contributed by atoms with van der Waals surface area (Å²) in [7, 11) is 0. The van der Waals surface area contributed by atoms with E-state index in [1.54, 1.807) is 30.3 Å². The minimum absolute atomic E-state index is 0.0929. The Morgan fingerprint density at radius 1 is 1.42 bits per heavy atom. The summed E-state index contributed by atoms with van der Waals surface area (Å²) >= 11 is 0. The Hall–Kier alpha value is -1.92. The van der Waals surface area contributed by atoms with E-state index in [1.165, 1.54) is 0 Å². The number of benzene rings is 1. The lowest BCUT2D eigenvalue weighted by atomic mass is 10.0. The van der Waals surface area contributed by atoms with E-state index in [4.69, 9.17) is 14.6 Å². The summed E-state index contributed by atoms with van der Waals surface area (Å²) in [5, 5.41) is 18.6. The zero-order chi connectivity index (χ0) is 13.9. The van der Waals surface area contributed by atoms with Gasteiger partial charge in [0, 0.05) is 6.42 Å². The Labute approximate surface area is 109 Å². The van der Waals surface area contributed by atoms with Crippen molar-refractivity contribution in [2.75, 3.05) is 13.2 Å². The van der Waals surface area contributed by atoms with E-state index in [0.29, 0.717) is 5.56 Å². The van der Waals surface area contributed by atoms with E-state index in [9.17, 15) is 14.7 Å². The molecule has 1 saturated heterocycles. The summed E-state index contributed by atoms with van der Waals surface area (Å²) in [6, 6.07) is 8.39. The van der Waals surface area contributed by atoms with Gasteiger partial charge in [0.1, 0.15) is 12.7 Å². The zero-order valence-corrected chi connectivity index (χ0v) is 10.1. The third-order valence-electron chi connectivity index (χ3n) is 2.89. The predicted molar refractivity (Wildman–Crippen MR) is 63.3 cm³/mol. The van der Waals surface area contributed by atoms with Gasteiger partial charge in [0.2, 0.25) is 0 Å². The SMILES string of the molecule is O=C(OC[C@H]1C[C@](O)(CO)C(=O)O1)c1ccccc1. The standard InChI is InChI=1S/C13H14O6/c14-8-13(17)6-10(19-12(13)16)7-18-11(15)9-4-2-1-3-5-9/h1-5,10,14,17H,6-8H2/t10-,13+/m1/s1. The van der Waals surface area contributed by atoms with Gasteiger partial charge in [-0.05, 0) is 12.1 Å². The van der Waals surface area contributed by atoms with Gasteiger partial charge in [0.25, 0.3) is 0 Å². The topological polar surface area (TPSA) is 93.1 Å². The molecule has 2 rings (SSSR count). The Morgan fingerprint density at radius 3 is 2.68 bits per heavy atom. The van der Waals surface area contributed by atoms with Crippen LogP contribution in [0.1, 0.15) is 16.8 Å². The molecule has 2 N–H and O–H groups in total. The second-order valence-electron chi connectivity index (χ2n) is 4.39. The minimum atomic E-state index is -1.89. The van der Waals surface area contributed by atoms with Gasteiger partial charge in [-0.25, -0.2) is 9.59 Å². The maximum Gasteiger partial charge on any atom is 0.341 e. The van der Waals surface area contributed by atoms with Gasteiger partial charge in [-0.1, -0.05) is 18.2 Å². The Morgan fingerprint density at radius 2 is 2.11 bits per heavy atom. The molecule has 102 valence electrons. The summed E-state index contributed by atoms with van der Waals surface area (Å²) in [6.45, 7) is -0.864. The fourth-order valence-corrected chi connectivity index (χ4v) is 1.81. The van der Waals surface area contributed by atoms with Crippen LogP contribution in [0.5, 0.6) is 0 Å². The quantitative estimate of drug-likeness (QED) is 0.738. The summed E-state index contributed by atoms with van der Waals surface area (Å²) in [5.41, 5.74) is -1.49. The van der Waals surface area contributed by atoms with E-state index in [0.717, 1.165) is 0 Å². The van der Waals surface area contributed by atoms with Crippen LogP contribution in [0.15, 0.2) is 30.3 Å². The number of hydrogen-bond acceptors (Lipinski definition) is 6. The van der Waals surface area contributed by atoms with Gasteiger partial charge in [0.15, 0.2) is 5.60 Å². The van der Waals surface area contributed by atoms with E-state index >= 15 is 0 Å². The number of hydrogen-bond donors (Lipinski definition) is 2. The summed E-state index contributed by atoms with van der Waals surface area (Å²) < 4.78 is 9.82. The minimum Gasteiger partial charge on any atom is -0.458 e. The number of aliphatic hydroxyl groups is 2. The fourth-order valence-electron chi connectivity index (χ4n) is 1.81. The lowest BCUT2D eigenvalue weighted by Crippen LogP contribution is -2.38. The highest BCUT2D eigenvalue weighted by Gasteiger charge is 2.47. The molecule has 0 spiro atoms. The highest BCUT2D eigenvalue weighted by molar-refractivity contribution is 5.89. The maximum atomic E-state index is 11.6. The molecule has 0 unspecified atom stereocenters. The van der Waals surface area contributed by atoms with Crippen LogP contribution in [-0.2, 0) is 14.3 Å². The molecule has 2 atom stereocenters. The van der Waals surface area contributed by atoms with Crippen LogP contribution in [0, 0.1) is 0 Å². The van der Waals surface area contributed by atoms with Gasteiger partial charge in [0.05, 0.1) is 12.2 Å². The predicted octanol–water partition coefficient (Wildman–Crippen LogP) is -0.118. The van der Waals surface area contributed by atoms with Crippen molar-refractivity contribution in [1.82, 2.24) is 0 Å². The van der Waals surface area contributed by atoms with Crippen molar-refractivity contribution in [3.63, 3.8) is 0 Å². The van der Waals surface area contributed by atoms with Gasteiger partial charge in [-0.3, -0.25) is 0 Å². The third kappa shape index (κ3) is 2.91. The number of carbonyl (C=O) groups is 2. The first-order valence-electron chi connectivity index (χ1n) is 5.81. The van der Waals surface area contributed by atoms with Gasteiger partial charge < -0.3 is 19.7 Å². The highest BCUT2D eigenvalue weighted by Crippen LogP contribution is 2.25. The second-order valence-corrected chi connectivity index (χ2v) is 4.39. The average molecular weight is 266 g/mol. The molecule has 0 aromatic heterocycles. The van der Waals surface area contributed by atoms with Crippen molar-refractivity contribution in [2.45, 2.75) is 18.1 Å². The average Bonchev–Trinajstić information content (AvgIpc) is 2.73. The van der Waals surface area contributed by atoms with Gasteiger partial charge >= 0.3 is 11.9 Å². The molecule has 1 fully saturated rings. The van der Waals surface area contributed by atoms with Crippen LogP contribution < -0.4 is 0 Å². The molecule has 1 aromatic rings. The number of cyclic esters (lactones) is 1. The Kier molecular flexibility index (Phi) is 3.82. The molecular weight excluding hydrogens is 252 g/mol. The largest absolute Gasteiger partial charge is 0.458 e. The van der Waals surface area contributed by atoms with E-state index in [2.05, 4.69) is 0 Å². The monoisotopic (exact) mass is 266 g/mol. The number of rotatable bonds is 4. The van der Waals surface area contributed by atoms with Crippen molar-refractivity contribution in [3.05, 3.63) is 35.9 Å². The molecule has 1 aliphatic rings.